The Balaban J connectivity index is 0.000000166. The molecule has 0 spiro atoms. The molecule has 2 heterocycles. The molecule has 8 heteroatoms. The van der Waals surface area contributed by atoms with E-state index in [1.165, 1.54) is 12.1 Å². The number of nitrogens with two attached hydrogens (primary N) is 1. The lowest BCUT2D eigenvalue weighted by molar-refractivity contribution is 0.668. The third-order valence-corrected chi connectivity index (χ3v) is 11.4. The maximum atomic E-state index is 8.28. The minimum atomic E-state index is -0.435. The smallest absolute Gasteiger partial charge is 0.135 e. The van der Waals surface area contributed by atoms with Crippen LogP contribution in [-0.2, 0) is 6.42 Å². The highest BCUT2D eigenvalue weighted by Gasteiger charge is 2.13. The molecule has 0 atom stereocenters. The van der Waals surface area contributed by atoms with Gasteiger partial charge in [0.25, 0.3) is 0 Å². The lowest BCUT2D eigenvalue weighted by Crippen LogP contribution is -1.92. The lowest BCUT2D eigenvalue weighted by Gasteiger charge is -2.11. The van der Waals surface area contributed by atoms with E-state index in [1.54, 1.807) is 12.1 Å². The first-order valence-electron chi connectivity index (χ1n) is 22.2. The fourth-order valence-electron chi connectivity index (χ4n) is 6.25. The van der Waals surface area contributed by atoms with Crippen molar-refractivity contribution >= 4 is 112 Å². The summed E-state index contributed by atoms with van der Waals surface area (Å²) >= 11 is 28.0. The summed E-state index contributed by atoms with van der Waals surface area (Å²) in [7, 11) is 0. The summed E-state index contributed by atoms with van der Waals surface area (Å²) in [5.74, 6) is 0. The molecular weight excluding hydrogens is 868 g/mol. The second kappa shape index (κ2) is 18.2. The lowest BCUT2D eigenvalue weighted by atomic mass is 9.98. The number of para-hydroxylation sites is 2. The Bertz CT molecular complexity index is 3540. The topological polar surface area (TPSA) is 52.3 Å². The minimum absolute atomic E-state index is 0. The van der Waals surface area contributed by atoms with E-state index < -0.39 is 24.2 Å². The number of benzene rings is 8. The van der Waals surface area contributed by atoms with Gasteiger partial charge in [-0.15, -0.1) is 0 Å². The van der Waals surface area contributed by atoms with Gasteiger partial charge in [-0.05, 0) is 122 Å². The van der Waals surface area contributed by atoms with E-state index in [1.807, 2.05) is 84.9 Å². The molecule has 0 saturated heterocycles. The zero-order valence-electron chi connectivity index (χ0n) is 40.4. The van der Waals surface area contributed by atoms with E-state index >= 15 is 0 Å². The summed E-state index contributed by atoms with van der Waals surface area (Å²) in [6.45, 7) is 0. The highest BCUT2D eigenvalue weighted by molar-refractivity contribution is 9.10. The quantitative estimate of drug-likeness (QED) is 0.109. The normalized spacial score (nSPS) is 13.3. The van der Waals surface area contributed by atoms with Gasteiger partial charge in [0, 0.05) is 31.7 Å². The molecule has 0 saturated carbocycles. The van der Waals surface area contributed by atoms with Crippen molar-refractivity contribution in [2.75, 3.05) is 5.73 Å². The summed E-state index contributed by atoms with van der Waals surface area (Å²) < 4.78 is 91.0. The van der Waals surface area contributed by atoms with E-state index in [0.29, 0.717) is 37.6 Å². The second-order valence-corrected chi connectivity index (χ2v) is 15.1. The van der Waals surface area contributed by atoms with Crippen LogP contribution in [-0.4, -0.2) is 0 Å². The summed E-state index contributed by atoms with van der Waals surface area (Å²) in [6.07, 6.45) is 0.445. The molecule has 2 aromatic heterocycles. The first kappa shape index (κ1) is 29.9. The Kier molecular flexibility index (Phi) is 9.37. The zero-order chi connectivity index (χ0) is 48.2. The van der Waals surface area contributed by atoms with Gasteiger partial charge < -0.3 is 22.0 Å². The van der Waals surface area contributed by atoms with Gasteiger partial charge in [-0.2, -0.15) is 0 Å². The minimum Gasteiger partial charge on any atom is -0.456 e. The van der Waals surface area contributed by atoms with Crippen LogP contribution in [0.25, 0.3) is 66.1 Å². The van der Waals surface area contributed by atoms with Crippen LogP contribution in [0.2, 0.25) is 20.1 Å². The largest absolute Gasteiger partial charge is 0.456 e. The van der Waals surface area contributed by atoms with Crippen LogP contribution in [0.15, 0.2) is 183 Å². The monoisotopic (exact) mass is 910 g/mol. The van der Waals surface area contributed by atoms with E-state index in [-0.39, 0.29) is 64.9 Å². The molecule has 3 nitrogen and oxygen atoms in total. The molecule has 0 bridgehead atoms. The average molecular weight is 914 g/mol. The van der Waals surface area contributed by atoms with Crippen molar-refractivity contribution in [2.45, 2.75) is 6.42 Å². The summed E-state index contributed by atoms with van der Waals surface area (Å²) in [5.41, 5.74) is 12.6. The van der Waals surface area contributed by atoms with Crippen molar-refractivity contribution in [1.29, 1.82) is 0 Å². The average Bonchev–Trinajstić information content (AvgIpc) is 3.88. The number of furan rings is 2. The van der Waals surface area contributed by atoms with Crippen LogP contribution >= 0.6 is 62.3 Å². The van der Waals surface area contributed by atoms with Crippen molar-refractivity contribution in [3.63, 3.8) is 0 Å². The van der Waals surface area contributed by atoms with Gasteiger partial charge in [0.15, 0.2) is 0 Å². The predicted molar refractivity (Wildman–Crippen MR) is 253 cm³/mol. The Morgan fingerprint density at radius 3 is 1.55 bits per heavy atom. The fraction of sp³-hybridized carbons (Fsp3) is 0.0200. The van der Waals surface area contributed by atoms with Crippen molar-refractivity contribution in [3.05, 3.63) is 213 Å². The summed E-state index contributed by atoms with van der Waals surface area (Å²) in [5, 5.41) is 5.38. The Hall–Kier alpha value is -5.20. The van der Waals surface area contributed by atoms with Crippen LogP contribution in [0.1, 0.15) is 24.8 Å². The zero-order valence-corrected chi connectivity index (χ0v) is 35.0. The number of anilines is 1. The number of hydrogen-bond acceptors (Lipinski definition) is 3. The molecule has 0 amide bonds. The second-order valence-electron chi connectivity index (χ2n) is 12.6. The van der Waals surface area contributed by atoms with E-state index in [2.05, 4.69) is 15.9 Å². The van der Waals surface area contributed by atoms with Crippen molar-refractivity contribution in [2.24, 2.45) is 0 Å². The molecular formula is C50H35BrCl4NO2-. The highest BCUT2D eigenvalue weighted by atomic mass is 79.9. The Morgan fingerprint density at radius 2 is 0.983 bits per heavy atom. The molecule has 0 aliphatic rings. The summed E-state index contributed by atoms with van der Waals surface area (Å²) in [4.78, 5) is 0. The molecule has 0 radical (unpaired) electrons. The first-order chi connectivity index (χ1) is 31.9. The third-order valence-electron chi connectivity index (χ3n) is 8.90. The fourth-order valence-corrected chi connectivity index (χ4v) is 7.57. The van der Waals surface area contributed by atoms with Crippen LogP contribution in [0.4, 0.5) is 5.69 Å². The molecule has 0 aliphatic carbocycles. The molecule has 0 unspecified atom stereocenters. The molecule has 0 fully saturated rings. The van der Waals surface area contributed by atoms with Gasteiger partial charge >= 0.3 is 0 Å². The number of fused-ring (bicyclic) bond motifs is 6. The standard InChI is InChI=1S/C25H16Cl2O.C12H7BrCl2.C12H9NO.CH3/c26-22-15-18(17-6-2-1-3-7-17)14-19(25(22)27)12-16-10-11-24-21(13-16)20-8-4-5-9-23(20)28-24;13-10-6-9(7-11(14)12(10)15)8-4-2-1-3-5-8;13-8-5-6-12-10(7-8)9-3-1-2-4-11(9)14-12;/h1-11,13-15H,12H2;1-7H;1-7H,13H2;1H3/q;;;-1/i1D,2D,3D,6D,7D;1D,2D,3D,4D,5D;;. The molecule has 288 valence electrons. The molecule has 10 rings (SSSR count). The molecule has 58 heavy (non-hydrogen) atoms. The van der Waals surface area contributed by atoms with Crippen molar-refractivity contribution in [1.82, 2.24) is 0 Å². The van der Waals surface area contributed by atoms with Gasteiger partial charge in [-0.3, -0.25) is 0 Å². The number of hydrogen-bond donors (Lipinski definition) is 1. The maximum Gasteiger partial charge on any atom is 0.135 e. The number of halogens is 5. The van der Waals surface area contributed by atoms with Gasteiger partial charge in [0.2, 0.25) is 0 Å². The van der Waals surface area contributed by atoms with Crippen LogP contribution in [0, 0.1) is 7.43 Å². The van der Waals surface area contributed by atoms with Crippen LogP contribution in [0.3, 0.4) is 0 Å². The Morgan fingerprint density at radius 1 is 0.500 bits per heavy atom. The number of rotatable bonds is 4. The predicted octanol–water partition coefficient (Wildman–Crippen LogP) is 17.2. The van der Waals surface area contributed by atoms with E-state index in [0.717, 1.165) is 55.1 Å². The summed E-state index contributed by atoms with van der Waals surface area (Å²) in [6, 6.07) is 30.2. The highest BCUT2D eigenvalue weighted by Crippen LogP contribution is 2.37. The third kappa shape index (κ3) is 8.93. The SMILES string of the molecule is Nc1ccc2oc3ccccc3c2c1.[2H]c1c([2H])c([2H])c(-c2cc(Cl)c(Cl)c(Br)c2)c([2H])c1[2H].[2H]c1c([2H])c([2H])c(-c2cc(Cl)c(Cl)c(Cc3ccc4oc5ccccc5c4c3)c2)c([2H])c1[2H].[CH3-]. The van der Waals surface area contributed by atoms with E-state index in [4.69, 9.17) is 74.7 Å². The molecule has 2 N–H and O–H groups in total. The van der Waals surface area contributed by atoms with Crippen LogP contribution < -0.4 is 5.73 Å². The van der Waals surface area contributed by atoms with Gasteiger partial charge in [-0.1, -0.05) is 149 Å². The van der Waals surface area contributed by atoms with Gasteiger partial charge in [0.1, 0.15) is 22.3 Å². The van der Waals surface area contributed by atoms with Gasteiger partial charge in [0.05, 0.1) is 33.8 Å². The van der Waals surface area contributed by atoms with Crippen LogP contribution in [0.5, 0.6) is 0 Å². The Labute approximate surface area is 379 Å². The van der Waals surface area contributed by atoms with Crippen molar-refractivity contribution in [3.8, 4) is 22.3 Å². The first-order valence-corrected chi connectivity index (χ1v) is 19.5. The number of nitrogen functional groups attached to an aromatic ring is 1. The van der Waals surface area contributed by atoms with Gasteiger partial charge in [-0.25, -0.2) is 0 Å². The molecule has 10 aromatic rings. The van der Waals surface area contributed by atoms with E-state index in [9.17, 15) is 0 Å². The molecule has 0 aliphatic heterocycles. The maximum absolute atomic E-state index is 8.28. The van der Waals surface area contributed by atoms with Crippen molar-refractivity contribution < 1.29 is 22.5 Å². The molecule has 8 aromatic carbocycles.